The molecule has 0 bridgehead atoms. The maximum absolute atomic E-state index is 13.0. The lowest BCUT2D eigenvalue weighted by molar-refractivity contribution is -0.137. The molecule has 3 aromatic carbocycles. The molecule has 0 radical (unpaired) electrons. The van der Waals surface area contributed by atoms with E-state index in [-0.39, 0.29) is 5.69 Å². The van der Waals surface area contributed by atoms with E-state index in [2.05, 4.69) is 25.3 Å². The smallest absolute Gasteiger partial charge is 0.416 e. The molecule has 0 unspecified atom stereocenters. The number of rotatable bonds is 8. The Labute approximate surface area is 211 Å². The molecule has 12 heteroatoms. The Morgan fingerprint density at radius 2 is 1.43 bits per heavy atom. The van der Waals surface area contributed by atoms with Gasteiger partial charge in [0.2, 0.25) is 5.95 Å². The van der Waals surface area contributed by atoms with Crippen molar-refractivity contribution in [2.24, 2.45) is 0 Å². The van der Waals surface area contributed by atoms with E-state index in [0.29, 0.717) is 29.2 Å². The van der Waals surface area contributed by atoms with Crippen LogP contribution in [0.25, 0.3) is 0 Å². The molecule has 8 nitrogen and oxygen atoms in total. The number of benzene rings is 3. The lowest BCUT2D eigenvalue weighted by Crippen LogP contribution is -2.14. The SMILES string of the molecule is COc1ccc(Nc2cc(C)nc(Nc3ccc(NS(=O)(=O)c4cccc(C(F)(F)F)c4)cc3)n2)cc1. The van der Waals surface area contributed by atoms with Crippen LogP contribution in [-0.4, -0.2) is 25.5 Å². The van der Waals surface area contributed by atoms with Gasteiger partial charge in [-0.1, -0.05) is 6.07 Å². The summed E-state index contributed by atoms with van der Waals surface area (Å²) in [6.07, 6.45) is -4.65. The Morgan fingerprint density at radius 1 is 0.811 bits per heavy atom. The molecule has 1 aromatic heterocycles. The molecule has 37 heavy (non-hydrogen) atoms. The molecule has 0 saturated carbocycles. The average Bonchev–Trinajstić information content (AvgIpc) is 2.85. The summed E-state index contributed by atoms with van der Waals surface area (Å²) in [4.78, 5) is 8.32. The molecule has 1 heterocycles. The first kappa shape index (κ1) is 25.8. The maximum atomic E-state index is 13.0. The average molecular weight is 530 g/mol. The van der Waals surface area contributed by atoms with E-state index < -0.39 is 26.7 Å². The minimum absolute atomic E-state index is 0.176. The van der Waals surface area contributed by atoms with Gasteiger partial charge in [-0.15, -0.1) is 0 Å². The van der Waals surface area contributed by atoms with Gasteiger partial charge in [-0.2, -0.15) is 18.2 Å². The fourth-order valence-corrected chi connectivity index (χ4v) is 4.42. The van der Waals surface area contributed by atoms with Crippen LogP contribution in [0.1, 0.15) is 11.3 Å². The highest BCUT2D eigenvalue weighted by molar-refractivity contribution is 7.92. The van der Waals surface area contributed by atoms with E-state index >= 15 is 0 Å². The van der Waals surface area contributed by atoms with Crippen LogP contribution >= 0.6 is 0 Å². The second kappa shape index (κ2) is 10.3. The first-order valence-corrected chi connectivity index (χ1v) is 12.3. The molecule has 0 aliphatic rings. The van der Waals surface area contributed by atoms with Crippen molar-refractivity contribution in [3.63, 3.8) is 0 Å². The molecule has 0 aliphatic carbocycles. The van der Waals surface area contributed by atoms with E-state index in [4.69, 9.17) is 4.74 Å². The van der Waals surface area contributed by atoms with Crippen LogP contribution < -0.4 is 20.1 Å². The zero-order valence-electron chi connectivity index (χ0n) is 19.7. The minimum atomic E-state index is -4.65. The first-order valence-electron chi connectivity index (χ1n) is 10.9. The van der Waals surface area contributed by atoms with Crippen molar-refractivity contribution in [3.05, 3.63) is 90.1 Å². The molecule has 0 atom stereocenters. The standard InChI is InChI=1S/C25H22F3N5O3S/c1-16-14-23(30-18-10-12-21(36-2)13-11-18)32-24(29-16)31-19-6-8-20(9-7-19)33-37(34,35)22-5-3-4-17(15-22)25(26,27)28/h3-15,33H,1-2H3,(H2,29,30,31,32). The van der Waals surface area contributed by atoms with Crippen LogP contribution in [0.5, 0.6) is 5.75 Å². The molecule has 0 spiro atoms. The highest BCUT2D eigenvalue weighted by Crippen LogP contribution is 2.31. The zero-order valence-corrected chi connectivity index (χ0v) is 20.5. The lowest BCUT2D eigenvalue weighted by Gasteiger charge is -2.12. The quantitative estimate of drug-likeness (QED) is 0.253. The van der Waals surface area contributed by atoms with Crippen LogP contribution in [0.3, 0.4) is 0 Å². The van der Waals surface area contributed by atoms with Gasteiger partial charge < -0.3 is 15.4 Å². The van der Waals surface area contributed by atoms with Crippen molar-refractivity contribution >= 4 is 38.9 Å². The molecular weight excluding hydrogens is 507 g/mol. The Hall–Kier alpha value is -4.32. The Bertz CT molecular complexity index is 1490. The van der Waals surface area contributed by atoms with Crippen molar-refractivity contribution in [2.75, 3.05) is 22.5 Å². The van der Waals surface area contributed by atoms with Gasteiger partial charge in [0.25, 0.3) is 10.0 Å². The van der Waals surface area contributed by atoms with Crippen LogP contribution in [0, 0.1) is 6.92 Å². The van der Waals surface area contributed by atoms with E-state index in [1.54, 1.807) is 25.3 Å². The van der Waals surface area contributed by atoms with Gasteiger partial charge in [0.05, 0.1) is 17.6 Å². The van der Waals surface area contributed by atoms with Crippen LogP contribution in [0.2, 0.25) is 0 Å². The summed E-state index contributed by atoms with van der Waals surface area (Å²) < 4.78 is 71.5. The van der Waals surface area contributed by atoms with Gasteiger partial charge in [0.1, 0.15) is 11.6 Å². The van der Waals surface area contributed by atoms with Gasteiger partial charge in [0, 0.05) is 28.8 Å². The number of nitrogens with one attached hydrogen (secondary N) is 3. The Morgan fingerprint density at radius 3 is 2.08 bits per heavy atom. The number of aryl methyl sites for hydroxylation is 1. The van der Waals surface area contributed by atoms with Crippen molar-refractivity contribution in [1.29, 1.82) is 0 Å². The number of aromatic nitrogens is 2. The third-order valence-corrected chi connectivity index (χ3v) is 6.46. The van der Waals surface area contributed by atoms with Crippen LogP contribution in [-0.2, 0) is 16.2 Å². The predicted molar refractivity (Wildman–Crippen MR) is 135 cm³/mol. The fraction of sp³-hybridized carbons (Fsp3) is 0.120. The summed E-state index contributed by atoms with van der Waals surface area (Å²) in [6.45, 7) is 1.82. The predicted octanol–water partition coefficient (Wildman–Crippen LogP) is 6.10. The highest BCUT2D eigenvalue weighted by atomic mass is 32.2. The Kier molecular flexibility index (Phi) is 7.21. The number of hydrogen-bond donors (Lipinski definition) is 3. The topological polar surface area (TPSA) is 105 Å². The highest BCUT2D eigenvalue weighted by Gasteiger charge is 2.31. The second-order valence-corrected chi connectivity index (χ2v) is 9.59. The summed E-state index contributed by atoms with van der Waals surface area (Å²) in [5.74, 6) is 1.60. The van der Waals surface area contributed by atoms with E-state index in [1.807, 2.05) is 31.2 Å². The summed E-state index contributed by atoms with van der Waals surface area (Å²) in [6, 6.07) is 18.8. The molecule has 0 saturated heterocycles. The Balaban J connectivity index is 1.46. The second-order valence-electron chi connectivity index (χ2n) is 7.91. The van der Waals surface area contributed by atoms with Crippen LogP contribution in [0.4, 0.5) is 42.0 Å². The lowest BCUT2D eigenvalue weighted by atomic mass is 10.2. The summed E-state index contributed by atoms with van der Waals surface area (Å²) in [5, 5.41) is 6.24. The van der Waals surface area contributed by atoms with E-state index in [9.17, 15) is 21.6 Å². The van der Waals surface area contributed by atoms with Gasteiger partial charge >= 0.3 is 6.18 Å². The van der Waals surface area contributed by atoms with Crippen molar-refractivity contribution in [2.45, 2.75) is 18.0 Å². The molecule has 4 aromatic rings. The minimum Gasteiger partial charge on any atom is -0.497 e. The molecule has 0 aliphatic heterocycles. The zero-order chi connectivity index (χ0) is 26.6. The van der Waals surface area contributed by atoms with Gasteiger partial charge in [0.15, 0.2) is 0 Å². The molecular formula is C25H22F3N5O3S. The normalized spacial score (nSPS) is 11.6. The van der Waals surface area contributed by atoms with Crippen molar-refractivity contribution < 1.29 is 26.3 Å². The van der Waals surface area contributed by atoms with Gasteiger partial charge in [-0.05, 0) is 73.7 Å². The number of methoxy groups -OCH3 is 1. The summed E-state index contributed by atoms with van der Waals surface area (Å²) in [5.41, 5.74) is 1.22. The van der Waals surface area contributed by atoms with E-state index in [1.165, 1.54) is 12.1 Å². The van der Waals surface area contributed by atoms with Gasteiger partial charge in [-0.3, -0.25) is 4.72 Å². The molecule has 3 N–H and O–H groups in total. The number of sulfonamides is 1. The monoisotopic (exact) mass is 529 g/mol. The number of anilines is 5. The molecule has 192 valence electrons. The first-order chi connectivity index (χ1) is 17.5. The number of hydrogen-bond acceptors (Lipinski definition) is 7. The third kappa shape index (κ3) is 6.67. The fourth-order valence-electron chi connectivity index (χ4n) is 3.32. The summed E-state index contributed by atoms with van der Waals surface area (Å²) in [7, 11) is -2.64. The molecule has 4 rings (SSSR count). The van der Waals surface area contributed by atoms with Crippen molar-refractivity contribution in [1.82, 2.24) is 9.97 Å². The third-order valence-electron chi connectivity index (χ3n) is 5.08. The van der Waals surface area contributed by atoms with Crippen molar-refractivity contribution in [3.8, 4) is 5.75 Å². The van der Waals surface area contributed by atoms with Crippen LogP contribution in [0.15, 0.2) is 83.8 Å². The molecule has 0 fully saturated rings. The number of alkyl halides is 3. The summed E-state index contributed by atoms with van der Waals surface area (Å²) >= 11 is 0. The maximum Gasteiger partial charge on any atom is 0.416 e. The number of ether oxygens (including phenoxy) is 1. The van der Waals surface area contributed by atoms with Gasteiger partial charge in [-0.25, -0.2) is 13.4 Å². The largest absolute Gasteiger partial charge is 0.497 e. The number of halogens is 3. The molecule has 0 amide bonds. The van der Waals surface area contributed by atoms with E-state index in [0.717, 1.165) is 29.6 Å². The number of nitrogens with zero attached hydrogens (tertiary/aromatic N) is 2.